The summed E-state index contributed by atoms with van der Waals surface area (Å²) in [5.41, 5.74) is 1.47. The maximum atomic E-state index is 11.5. The summed E-state index contributed by atoms with van der Waals surface area (Å²) >= 11 is 0. The minimum absolute atomic E-state index is 0.0903. The van der Waals surface area contributed by atoms with Crippen LogP contribution in [0.3, 0.4) is 0 Å². The summed E-state index contributed by atoms with van der Waals surface area (Å²) in [6.07, 6.45) is -0.302. The zero-order valence-corrected chi connectivity index (χ0v) is 10.8. The molecule has 2 aliphatic rings. The Labute approximate surface area is 111 Å². The summed E-state index contributed by atoms with van der Waals surface area (Å²) in [6, 6.07) is 7.90. The highest BCUT2D eigenvalue weighted by molar-refractivity contribution is 5.79. The molecular weight excluding hydrogens is 246 g/mol. The molecule has 2 saturated heterocycles. The van der Waals surface area contributed by atoms with E-state index >= 15 is 0 Å². The van der Waals surface area contributed by atoms with Crippen LogP contribution < -0.4 is 5.32 Å². The van der Waals surface area contributed by atoms with E-state index in [1.807, 2.05) is 31.2 Å². The highest BCUT2D eigenvalue weighted by atomic mass is 16.7. The first-order chi connectivity index (χ1) is 9.17. The summed E-state index contributed by atoms with van der Waals surface area (Å²) in [4.78, 5) is 11.5. The minimum atomic E-state index is -0.496. The molecule has 5 heteroatoms. The fourth-order valence-corrected chi connectivity index (χ4v) is 2.46. The molecule has 0 spiro atoms. The second-order valence-electron chi connectivity index (χ2n) is 5.07. The topological polar surface area (TPSA) is 56.8 Å². The number of carbonyl (C=O) groups is 1. The summed E-state index contributed by atoms with van der Waals surface area (Å²) in [5, 5.41) is 2.98. The number of hydrogen-bond acceptors (Lipinski definition) is 4. The predicted octanol–water partition coefficient (Wildman–Crippen LogP) is 1.09. The average Bonchev–Trinajstić information content (AvgIpc) is 2.92. The smallest absolute Gasteiger partial charge is 0.246 e. The van der Waals surface area contributed by atoms with E-state index in [9.17, 15) is 4.79 Å². The fraction of sp³-hybridized carbons (Fsp3) is 0.500. The van der Waals surface area contributed by atoms with Crippen molar-refractivity contribution in [2.24, 2.45) is 0 Å². The van der Waals surface area contributed by atoms with E-state index in [1.54, 1.807) is 0 Å². The number of amides is 1. The van der Waals surface area contributed by atoms with Gasteiger partial charge in [-0.25, -0.2) is 0 Å². The molecule has 1 aromatic carbocycles. The highest BCUT2D eigenvalue weighted by Crippen LogP contribution is 2.29. The summed E-state index contributed by atoms with van der Waals surface area (Å²) < 4.78 is 16.3. The van der Waals surface area contributed by atoms with Gasteiger partial charge in [-0.1, -0.05) is 18.2 Å². The third kappa shape index (κ3) is 2.49. The molecule has 0 aromatic heterocycles. The number of nitrogens with one attached hydrogen (secondary N) is 1. The van der Waals surface area contributed by atoms with Gasteiger partial charge in [0.05, 0.1) is 25.4 Å². The Morgan fingerprint density at radius 1 is 1.32 bits per heavy atom. The second-order valence-corrected chi connectivity index (χ2v) is 5.07. The van der Waals surface area contributed by atoms with Gasteiger partial charge in [0.2, 0.25) is 5.91 Å². The standard InChI is InChI=1S/C14H17NO4/c1-14(9-17-8-12(16)15-14)11-4-2-3-10(7-11)13-18-5-6-19-13/h2-4,7,13H,5-6,8-9H2,1H3,(H,15,16). The first kappa shape index (κ1) is 12.6. The summed E-state index contributed by atoms with van der Waals surface area (Å²) in [5.74, 6) is -0.0903. The lowest BCUT2D eigenvalue weighted by Crippen LogP contribution is -2.52. The Morgan fingerprint density at radius 2 is 2.11 bits per heavy atom. The number of morpholine rings is 1. The monoisotopic (exact) mass is 263 g/mol. The molecule has 102 valence electrons. The van der Waals surface area contributed by atoms with E-state index in [-0.39, 0.29) is 18.8 Å². The normalized spacial score (nSPS) is 28.4. The van der Waals surface area contributed by atoms with Gasteiger partial charge < -0.3 is 19.5 Å². The van der Waals surface area contributed by atoms with Crippen molar-refractivity contribution >= 4 is 5.91 Å². The molecule has 19 heavy (non-hydrogen) atoms. The Hall–Kier alpha value is -1.43. The first-order valence-corrected chi connectivity index (χ1v) is 6.40. The van der Waals surface area contributed by atoms with Crippen molar-refractivity contribution in [2.75, 3.05) is 26.4 Å². The molecule has 1 atom stereocenters. The van der Waals surface area contributed by atoms with Gasteiger partial charge in [-0.15, -0.1) is 0 Å². The largest absolute Gasteiger partial charge is 0.369 e. The van der Waals surface area contributed by atoms with Crippen molar-refractivity contribution in [2.45, 2.75) is 18.8 Å². The Bertz CT molecular complexity index is 484. The minimum Gasteiger partial charge on any atom is -0.369 e. The van der Waals surface area contributed by atoms with Crippen LogP contribution in [0.1, 0.15) is 24.3 Å². The van der Waals surface area contributed by atoms with Gasteiger partial charge in [-0.3, -0.25) is 4.79 Å². The Kier molecular flexibility index (Phi) is 3.26. The van der Waals surface area contributed by atoms with E-state index in [2.05, 4.69) is 5.32 Å². The molecular formula is C14H17NO4. The van der Waals surface area contributed by atoms with E-state index in [0.29, 0.717) is 19.8 Å². The van der Waals surface area contributed by atoms with Crippen LogP contribution in [-0.2, 0) is 24.5 Å². The average molecular weight is 263 g/mol. The number of benzene rings is 1. The van der Waals surface area contributed by atoms with Crippen molar-refractivity contribution in [1.82, 2.24) is 5.32 Å². The van der Waals surface area contributed by atoms with Crippen molar-refractivity contribution in [3.63, 3.8) is 0 Å². The highest BCUT2D eigenvalue weighted by Gasteiger charge is 2.33. The van der Waals surface area contributed by atoms with Crippen LogP contribution in [0.15, 0.2) is 24.3 Å². The third-order valence-corrected chi connectivity index (χ3v) is 3.46. The van der Waals surface area contributed by atoms with Crippen LogP contribution in [0, 0.1) is 0 Å². The van der Waals surface area contributed by atoms with Crippen LogP contribution in [0.5, 0.6) is 0 Å². The first-order valence-electron chi connectivity index (χ1n) is 6.40. The van der Waals surface area contributed by atoms with Crippen molar-refractivity contribution < 1.29 is 19.0 Å². The van der Waals surface area contributed by atoms with Crippen molar-refractivity contribution in [3.05, 3.63) is 35.4 Å². The Balaban J connectivity index is 1.87. The van der Waals surface area contributed by atoms with Gasteiger partial charge in [0.1, 0.15) is 6.61 Å². The lowest BCUT2D eigenvalue weighted by atomic mass is 9.90. The van der Waals surface area contributed by atoms with Crippen LogP contribution in [0.25, 0.3) is 0 Å². The molecule has 2 aliphatic heterocycles. The fourth-order valence-electron chi connectivity index (χ4n) is 2.46. The van der Waals surface area contributed by atoms with Crippen LogP contribution in [-0.4, -0.2) is 32.3 Å². The molecule has 2 heterocycles. The molecule has 1 amide bonds. The van der Waals surface area contributed by atoms with Crippen molar-refractivity contribution in [1.29, 1.82) is 0 Å². The quantitative estimate of drug-likeness (QED) is 0.868. The van der Waals surface area contributed by atoms with Gasteiger partial charge in [0, 0.05) is 5.56 Å². The molecule has 2 fully saturated rings. The molecule has 0 saturated carbocycles. The van der Waals surface area contributed by atoms with Gasteiger partial charge in [0.25, 0.3) is 0 Å². The lowest BCUT2D eigenvalue weighted by Gasteiger charge is -2.35. The van der Waals surface area contributed by atoms with Crippen LogP contribution >= 0.6 is 0 Å². The van der Waals surface area contributed by atoms with E-state index < -0.39 is 5.54 Å². The molecule has 0 bridgehead atoms. The van der Waals surface area contributed by atoms with Gasteiger partial charge in [-0.2, -0.15) is 0 Å². The number of hydrogen-bond donors (Lipinski definition) is 1. The summed E-state index contributed by atoms with van der Waals surface area (Å²) in [7, 11) is 0. The van der Waals surface area contributed by atoms with Gasteiger partial charge >= 0.3 is 0 Å². The molecule has 0 radical (unpaired) electrons. The van der Waals surface area contributed by atoms with Crippen LogP contribution in [0.4, 0.5) is 0 Å². The molecule has 3 rings (SSSR count). The van der Waals surface area contributed by atoms with E-state index in [4.69, 9.17) is 14.2 Å². The predicted molar refractivity (Wildman–Crippen MR) is 67.4 cm³/mol. The zero-order chi connectivity index (χ0) is 13.3. The Morgan fingerprint density at radius 3 is 2.84 bits per heavy atom. The maximum Gasteiger partial charge on any atom is 0.246 e. The van der Waals surface area contributed by atoms with Crippen LogP contribution in [0.2, 0.25) is 0 Å². The van der Waals surface area contributed by atoms with Crippen molar-refractivity contribution in [3.8, 4) is 0 Å². The zero-order valence-electron chi connectivity index (χ0n) is 10.8. The SMILES string of the molecule is CC1(c2cccc(C3OCCO3)c2)COCC(=O)N1. The lowest BCUT2D eigenvalue weighted by molar-refractivity contribution is -0.135. The van der Waals surface area contributed by atoms with Gasteiger partial charge in [0.15, 0.2) is 6.29 Å². The maximum absolute atomic E-state index is 11.5. The molecule has 0 aliphatic carbocycles. The summed E-state index contributed by atoms with van der Waals surface area (Å²) in [6.45, 7) is 3.79. The van der Waals surface area contributed by atoms with E-state index in [0.717, 1.165) is 11.1 Å². The third-order valence-electron chi connectivity index (χ3n) is 3.46. The molecule has 5 nitrogen and oxygen atoms in total. The number of ether oxygens (including phenoxy) is 3. The van der Waals surface area contributed by atoms with E-state index in [1.165, 1.54) is 0 Å². The van der Waals surface area contributed by atoms with Gasteiger partial charge in [-0.05, 0) is 18.6 Å². The number of carbonyl (C=O) groups excluding carboxylic acids is 1. The second kappa shape index (κ2) is 4.92. The number of rotatable bonds is 2. The molecule has 1 aromatic rings. The molecule has 1 N–H and O–H groups in total. The molecule has 1 unspecified atom stereocenters.